The van der Waals surface area contributed by atoms with Gasteiger partial charge in [0.25, 0.3) is 0 Å². The Bertz CT molecular complexity index is 347. The van der Waals surface area contributed by atoms with Crippen molar-refractivity contribution in [2.24, 2.45) is 0 Å². The Morgan fingerprint density at radius 2 is 2.20 bits per heavy atom. The van der Waals surface area contributed by atoms with Crippen LogP contribution in [0, 0.1) is 6.92 Å². The molecule has 0 heterocycles. The quantitative estimate of drug-likeness (QED) is 0.568. The van der Waals surface area contributed by atoms with E-state index in [1.54, 1.807) is 18.7 Å². The van der Waals surface area contributed by atoms with Crippen LogP contribution in [-0.2, 0) is 0 Å². The van der Waals surface area contributed by atoms with E-state index in [4.69, 9.17) is 4.74 Å². The smallest absolute Gasteiger partial charge is 0.163 e. The summed E-state index contributed by atoms with van der Waals surface area (Å²) in [4.78, 5) is 11.4. The molecule has 0 saturated heterocycles. The van der Waals surface area contributed by atoms with Crippen LogP contribution < -0.4 is 4.74 Å². The second kappa shape index (κ2) is 5.81. The summed E-state index contributed by atoms with van der Waals surface area (Å²) >= 11 is 1.73. The normalized spacial score (nSPS) is 10.1. The van der Waals surface area contributed by atoms with Gasteiger partial charge in [-0.05, 0) is 32.2 Å². The summed E-state index contributed by atoms with van der Waals surface area (Å²) in [6.07, 6.45) is 2.03. The molecular weight excluding hydrogens is 208 g/mol. The largest absolute Gasteiger partial charge is 0.492 e. The van der Waals surface area contributed by atoms with Crippen molar-refractivity contribution in [2.45, 2.75) is 13.8 Å². The fraction of sp³-hybridized carbons (Fsp3) is 0.417. The van der Waals surface area contributed by atoms with Gasteiger partial charge < -0.3 is 4.74 Å². The summed E-state index contributed by atoms with van der Waals surface area (Å²) in [5.74, 6) is 1.69. The van der Waals surface area contributed by atoms with Gasteiger partial charge in [-0.3, -0.25) is 4.79 Å². The number of carbonyl (C=O) groups excluding carboxylic acids is 1. The van der Waals surface area contributed by atoms with E-state index in [-0.39, 0.29) is 5.78 Å². The number of carbonyl (C=O) groups is 1. The standard InChI is InChI=1S/C12H16O2S/c1-9-4-5-12(14-6-7-15-3)11(8-9)10(2)13/h4-5,8H,6-7H2,1-3H3. The van der Waals surface area contributed by atoms with Gasteiger partial charge in [-0.1, -0.05) is 11.6 Å². The lowest BCUT2D eigenvalue weighted by Gasteiger charge is -2.09. The van der Waals surface area contributed by atoms with Crippen molar-refractivity contribution in [3.05, 3.63) is 29.3 Å². The Morgan fingerprint density at radius 3 is 2.80 bits per heavy atom. The van der Waals surface area contributed by atoms with Gasteiger partial charge in [0.15, 0.2) is 5.78 Å². The van der Waals surface area contributed by atoms with Crippen molar-refractivity contribution in [1.29, 1.82) is 0 Å². The first kappa shape index (κ1) is 12.1. The number of Topliss-reactive ketones (excluding diaryl/α,β-unsaturated/α-hetero) is 1. The molecule has 0 aliphatic rings. The average Bonchev–Trinajstić information content (AvgIpc) is 2.20. The minimum absolute atomic E-state index is 0.0536. The molecule has 0 aromatic heterocycles. The molecule has 0 unspecified atom stereocenters. The second-order valence-electron chi connectivity index (χ2n) is 3.40. The highest BCUT2D eigenvalue weighted by Crippen LogP contribution is 2.20. The molecule has 15 heavy (non-hydrogen) atoms. The number of ether oxygens (including phenoxy) is 1. The molecule has 0 saturated carbocycles. The minimum Gasteiger partial charge on any atom is -0.492 e. The van der Waals surface area contributed by atoms with E-state index in [0.717, 1.165) is 11.3 Å². The molecule has 1 aromatic carbocycles. The third kappa shape index (κ3) is 3.59. The van der Waals surface area contributed by atoms with Crippen LogP contribution in [0.1, 0.15) is 22.8 Å². The lowest BCUT2D eigenvalue weighted by Crippen LogP contribution is -2.04. The zero-order chi connectivity index (χ0) is 11.3. The maximum Gasteiger partial charge on any atom is 0.163 e. The third-order valence-corrected chi connectivity index (χ3v) is 2.63. The summed E-state index contributed by atoms with van der Waals surface area (Å²) in [6, 6.07) is 5.70. The van der Waals surface area contributed by atoms with Gasteiger partial charge in [0.1, 0.15) is 5.75 Å². The maximum absolute atomic E-state index is 11.4. The molecule has 82 valence electrons. The number of thioether (sulfide) groups is 1. The Morgan fingerprint density at radius 1 is 1.47 bits per heavy atom. The summed E-state index contributed by atoms with van der Waals surface area (Å²) in [7, 11) is 0. The van der Waals surface area contributed by atoms with Crippen molar-refractivity contribution in [2.75, 3.05) is 18.6 Å². The van der Waals surface area contributed by atoms with Crippen LogP contribution in [0.25, 0.3) is 0 Å². The van der Waals surface area contributed by atoms with Crippen molar-refractivity contribution in [3.63, 3.8) is 0 Å². The average molecular weight is 224 g/mol. The molecule has 0 aliphatic carbocycles. The summed E-state index contributed by atoms with van der Waals surface area (Å²) in [5.41, 5.74) is 1.76. The van der Waals surface area contributed by atoms with Gasteiger partial charge >= 0.3 is 0 Å². The molecule has 0 radical (unpaired) electrons. The molecule has 0 N–H and O–H groups in total. The monoisotopic (exact) mass is 224 g/mol. The van der Waals surface area contributed by atoms with Crippen molar-refractivity contribution in [1.82, 2.24) is 0 Å². The lowest BCUT2D eigenvalue weighted by atomic mass is 10.1. The van der Waals surface area contributed by atoms with Gasteiger partial charge in [-0.25, -0.2) is 0 Å². The Labute approximate surface area is 95.0 Å². The number of ketones is 1. The molecule has 1 rings (SSSR count). The van der Waals surface area contributed by atoms with Gasteiger partial charge in [0, 0.05) is 5.75 Å². The van der Waals surface area contributed by atoms with E-state index < -0.39 is 0 Å². The molecule has 1 aromatic rings. The number of hydrogen-bond acceptors (Lipinski definition) is 3. The number of rotatable bonds is 5. The van der Waals surface area contributed by atoms with Gasteiger partial charge in [-0.2, -0.15) is 11.8 Å². The van der Waals surface area contributed by atoms with Crippen LogP contribution in [0.15, 0.2) is 18.2 Å². The van der Waals surface area contributed by atoms with Crippen molar-refractivity contribution in [3.8, 4) is 5.75 Å². The minimum atomic E-state index is 0.0536. The van der Waals surface area contributed by atoms with E-state index in [0.29, 0.717) is 17.9 Å². The molecule has 3 heteroatoms. The molecule has 2 nitrogen and oxygen atoms in total. The van der Waals surface area contributed by atoms with Gasteiger partial charge in [0.2, 0.25) is 0 Å². The van der Waals surface area contributed by atoms with E-state index >= 15 is 0 Å². The number of aryl methyl sites for hydroxylation is 1. The molecule has 0 aliphatic heterocycles. The van der Waals surface area contributed by atoms with E-state index in [1.807, 2.05) is 31.4 Å². The molecule has 0 amide bonds. The maximum atomic E-state index is 11.4. The van der Waals surface area contributed by atoms with Crippen LogP contribution in [0.3, 0.4) is 0 Å². The predicted octanol–water partition coefficient (Wildman–Crippen LogP) is 2.94. The Balaban J connectivity index is 2.81. The molecule has 0 atom stereocenters. The van der Waals surface area contributed by atoms with Gasteiger partial charge in [0.05, 0.1) is 12.2 Å². The highest BCUT2D eigenvalue weighted by molar-refractivity contribution is 7.98. The highest BCUT2D eigenvalue weighted by atomic mass is 32.2. The number of hydrogen-bond donors (Lipinski definition) is 0. The first-order valence-electron chi connectivity index (χ1n) is 4.88. The van der Waals surface area contributed by atoms with E-state index in [2.05, 4.69) is 0 Å². The lowest BCUT2D eigenvalue weighted by molar-refractivity contribution is 0.101. The molecular formula is C12H16O2S. The predicted molar refractivity (Wildman–Crippen MR) is 65.1 cm³/mol. The molecule has 0 bridgehead atoms. The molecule has 0 fully saturated rings. The molecule has 0 spiro atoms. The third-order valence-electron chi connectivity index (χ3n) is 2.06. The van der Waals surface area contributed by atoms with Crippen LogP contribution in [0.2, 0.25) is 0 Å². The van der Waals surface area contributed by atoms with Crippen LogP contribution in [0.5, 0.6) is 5.75 Å². The van der Waals surface area contributed by atoms with Crippen LogP contribution >= 0.6 is 11.8 Å². The Hall–Kier alpha value is -0.960. The fourth-order valence-electron chi connectivity index (χ4n) is 1.28. The summed E-state index contributed by atoms with van der Waals surface area (Å²) < 4.78 is 5.55. The second-order valence-corrected chi connectivity index (χ2v) is 4.38. The summed E-state index contributed by atoms with van der Waals surface area (Å²) in [6.45, 7) is 4.18. The SMILES string of the molecule is CSCCOc1ccc(C)cc1C(C)=O. The van der Waals surface area contributed by atoms with E-state index in [1.165, 1.54) is 0 Å². The van der Waals surface area contributed by atoms with Crippen LogP contribution in [-0.4, -0.2) is 24.4 Å². The van der Waals surface area contributed by atoms with E-state index in [9.17, 15) is 4.79 Å². The van der Waals surface area contributed by atoms with Crippen LogP contribution in [0.4, 0.5) is 0 Å². The zero-order valence-corrected chi connectivity index (χ0v) is 10.2. The topological polar surface area (TPSA) is 26.3 Å². The first-order valence-corrected chi connectivity index (χ1v) is 6.28. The van der Waals surface area contributed by atoms with Crippen molar-refractivity contribution >= 4 is 17.5 Å². The Kier molecular flexibility index (Phi) is 4.69. The van der Waals surface area contributed by atoms with Crippen molar-refractivity contribution < 1.29 is 9.53 Å². The fourth-order valence-corrected chi connectivity index (χ4v) is 1.53. The highest BCUT2D eigenvalue weighted by Gasteiger charge is 2.08. The first-order chi connectivity index (χ1) is 7.15. The zero-order valence-electron chi connectivity index (χ0n) is 9.37. The summed E-state index contributed by atoms with van der Waals surface area (Å²) in [5, 5.41) is 0. The van der Waals surface area contributed by atoms with Gasteiger partial charge in [-0.15, -0.1) is 0 Å². The number of benzene rings is 1.